The Morgan fingerprint density at radius 1 is 1.67 bits per heavy atom. The minimum Gasteiger partial charge on any atom is -0.412 e. The van der Waals surface area contributed by atoms with Crippen molar-refractivity contribution in [2.24, 2.45) is 0 Å². The molecule has 56 valence electrons. The second kappa shape index (κ2) is 15.7. The van der Waals surface area contributed by atoms with Gasteiger partial charge in [0.2, 0.25) is 0 Å². The molecule has 0 aromatic heterocycles. The van der Waals surface area contributed by atoms with Gasteiger partial charge in [-0.15, -0.1) is 0 Å². The molecular formula is C5H13NO3. The third-order valence-corrected chi connectivity index (χ3v) is 0.264. The normalized spacial score (nSPS) is 9.22. The summed E-state index contributed by atoms with van der Waals surface area (Å²) in [6, 6.07) is 1.75. The number of hydrogen-bond donors (Lipinski definition) is 2. The third kappa shape index (κ3) is 113. The van der Waals surface area contributed by atoms with Gasteiger partial charge in [0.25, 0.3) is 0 Å². The summed E-state index contributed by atoms with van der Waals surface area (Å²) >= 11 is 0. The smallest absolute Gasteiger partial charge is 0.0742 e. The molecule has 1 atom stereocenters. The van der Waals surface area contributed by atoms with E-state index in [4.69, 9.17) is 15.5 Å². The van der Waals surface area contributed by atoms with Crippen molar-refractivity contribution in [2.45, 2.75) is 20.0 Å². The van der Waals surface area contributed by atoms with Crippen molar-refractivity contribution in [3.05, 3.63) is 0 Å². The lowest BCUT2D eigenvalue weighted by Gasteiger charge is -1.90. The highest BCUT2D eigenvalue weighted by Gasteiger charge is 1.83. The molecule has 0 spiro atoms. The molecule has 1 unspecified atom stereocenters. The molecule has 0 heterocycles. The molecule has 4 heteroatoms. The first kappa shape index (κ1) is 15.8. The van der Waals surface area contributed by atoms with E-state index < -0.39 is 6.10 Å². The summed E-state index contributed by atoms with van der Waals surface area (Å²) in [4.78, 5) is 0. The van der Waals surface area contributed by atoms with Crippen LogP contribution in [-0.2, 0) is 0 Å². The van der Waals surface area contributed by atoms with E-state index in [0.29, 0.717) is 0 Å². The van der Waals surface area contributed by atoms with E-state index in [-0.39, 0.29) is 12.1 Å². The van der Waals surface area contributed by atoms with Gasteiger partial charge in [-0.25, -0.2) is 0 Å². The van der Waals surface area contributed by atoms with Crippen molar-refractivity contribution in [1.29, 1.82) is 5.26 Å². The van der Waals surface area contributed by atoms with Crippen LogP contribution in [0.15, 0.2) is 0 Å². The Kier molecular flexibility index (Phi) is 27.4. The van der Waals surface area contributed by atoms with Crippen molar-refractivity contribution < 1.29 is 15.7 Å². The highest BCUT2D eigenvalue weighted by Crippen LogP contribution is 1.68. The maximum absolute atomic E-state index is 8.11. The number of aliphatic hydroxyl groups is 2. The van der Waals surface area contributed by atoms with E-state index in [1.54, 1.807) is 6.07 Å². The number of nitrogens with zero attached hydrogens (tertiary/aromatic N) is 1. The number of rotatable bonds is 1. The average molecular weight is 135 g/mol. The van der Waals surface area contributed by atoms with Gasteiger partial charge in [-0.05, 0) is 6.92 Å². The molecule has 0 amide bonds. The minimum atomic E-state index is -0.560. The number of aliphatic hydroxyl groups excluding tert-OH is 2. The van der Waals surface area contributed by atoms with Crippen LogP contribution in [0.2, 0.25) is 0 Å². The van der Waals surface area contributed by atoms with E-state index in [1.807, 2.05) is 0 Å². The molecule has 0 rings (SSSR count). The summed E-state index contributed by atoms with van der Waals surface area (Å²) in [5.41, 5.74) is 0. The van der Waals surface area contributed by atoms with Crippen LogP contribution in [0.1, 0.15) is 13.8 Å². The highest BCUT2D eigenvalue weighted by atomic mass is 16.3. The summed E-state index contributed by atoms with van der Waals surface area (Å²) in [5, 5.41) is 23.3. The molecule has 0 aliphatic carbocycles. The molecule has 0 aliphatic heterocycles. The summed E-state index contributed by atoms with van der Waals surface area (Å²) in [5.74, 6) is 0. The van der Waals surface area contributed by atoms with E-state index in [9.17, 15) is 0 Å². The van der Waals surface area contributed by atoms with E-state index in [0.717, 1.165) is 0 Å². The zero-order valence-corrected chi connectivity index (χ0v) is 5.63. The Hall–Kier alpha value is -0.630. The van der Waals surface area contributed by atoms with Crippen LogP contribution in [-0.4, -0.2) is 28.4 Å². The lowest BCUT2D eigenvalue weighted by Crippen LogP contribution is -2.03. The van der Waals surface area contributed by atoms with Gasteiger partial charge >= 0.3 is 0 Å². The van der Waals surface area contributed by atoms with Crippen molar-refractivity contribution in [1.82, 2.24) is 0 Å². The Balaban J connectivity index is -0.0000000800. The second-order valence-electron chi connectivity index (χ2n) is 1.26. The van der Waals surface area contributed by atoms with Gasteiger partial charge in [-0.2, -0.15) is 5.26 Å². The molecule has 0 aromatic rings. The van der Waals surface area contributed by atoms with Crippen LogP contribution in [0.25, 0.3) is 0 Å². The lowest BCUT2D eigenvalue weighted by atomic mass is 10.5. The van der Waals surface area contributed by atoms with Gasteiger partial charge in [0.15, 0.2) is 0 Å². The minimum absolute atomic E-state index is 0. The highest BCUT2D eigenvalue weighted by molar-refractivity contribution is 4.51. The molecular weight excluding hydrogens is 122 g/mol. The van der Waals surface area contributed by atoms with Gasteiger partial charge in [-0.1, -0.05) is 0 Å². The van der Waals surface area contributed by atoms with E-state index in [2.05, 4.69) is 0 Å². The van der Waals surface area contributed by atoms with Gasteiger partial charge < -0.3 is 15.7 Å². The van der Waals surface area contributed by atoms with Crippen LogP contribution in [0, 0.1) is 11.3 Å². The average Bonchev–Trinajstić information content (AvgIpc) is 1.69. The van der Waals surface area contributed by atoms with Gasteiger partial charge in [0.1, 0.15) is 0 Å². The van der Waals surface area contributed by atoms with Gasteiger partial charge in [-0.3, -0.25) is 0 Å². The SMILES string of the molecule is CC#N.CC(O)CO.O. The molecule has 4 N–H and O–H groups in total. The molecule has 0 aliphatic rings. The lowest BCUT2D eigenvalue weighted by molar-refractivity contribution is 0.110. The van der Waals surface area contributed by atoms with Crippen molar-refractivity contribution in [2.75, 3.05) is 6.61 Å². The molecule has 9 heavy (non-hydrogen) atoms. The molecule has 0 saturated carbocycles. The first-order valence-corrected chi connectivity index (χ1v) is 2.28. The van der Waals surface area contributed by atoms with Crippen molar-refractivity contribution >= 4 is 0 Å². The van der Waals surface area contributed by atoms with Crippen LogP contribution in [0.5, 0.6) is 0 Å². The Bertz CT molecular complexity index is 67.1. The van der Waals surface area contributed by atoms with Crippen molar-refractivity contribution in [3.63, 3.8) is 0 Å². The monoisotopic (exact) mass is 135 g/mol. The topological polar surface area (TPSA) is 95.8 Å². The second-order valence-corrected chi connectivity index (χ2v) is 1.26. The Labute approximate surface area is 54.7 Å². The van der Waals surface area contributed by atoms with Crippen LogP contribution < -0.4 is 0 Å². The molecule has 0 fully saturated rings. The molecule has 0 radical (unpaired) electrons. The van der Waals surface area contributed by atoms with Crippen LogP contribution in [0.4, 0.5) is 0 Å². The summed E-state index contributed by atoms with van der Waals surface area (Å²) in [7, 11) is 0. The largest absolute Gasteiger partial charge is 0.412 e. The number of nitriles is 1. The first-order chi connectivity index (χ1) is 3.68. The van der Waals surface area contributed by atoms with E-state index in [1.165, 1.54) is 13.8 Å². The fourth-order valence-electron chi connectivity index (χ4n) is 0. The van der Waals surface area contributed by atoms with E-state index >= 15 is 0 Å². The first-order valence-electron chi connectivity index (χ1n) is 2.28. The molecule has 4 nitrogen and oxygen atoms in total. The van der Waals surface area contributed by atoms with Gasteiger partial charge in [0, 0.05) is 6.92 Å². The summed E-state index contributed by atoms with van der Waals surface area (Å²) in [6.45, 7) is 2.82. The number of hydrogen-bond acceptors (Lipinski definition) is 3. The van der Waals surface area contributed by atoms with Crippen LogP contribution in [0.3, 0.4) is 0 Å². The standard InChI is InChI=1S/C3H8O2.C2H3N.H2O/c1-3(5)2-4;1-2-3;/h3-5H,2H2,1H3;1H3;1H2. The Morgan fingerprint density at radius 3 is 1.78 bits per heavy atom. The predicted molar refractivity (Wildman–Crippen MR) is 33.7 cm³/mol. The van der Waals surface area contributed by atoms with Gasteiger partial charge in [0.05, 0.1) is 18.8 Å². The molecule has 0 bridgehead atoms. The quantitative estimate of drug-likeness (QED) is 0.486. The third-order valence-electron chi connectivity index (χ3n) is 0.264. The summed E-state index contributed by atoms with van der Waals surface area (Å²) < 4.78 is 0. The molecule has 0 aromatic carbocycles. The fourth-order valence-corrected chi connectivity index (χ4v) is 0. The van der Waals surface area contributed by atoms with Crippen molar-refractivity contribution in [3.8, 4) is 6.07 Å². The molecule has 0 saturated heterocycles. The zero-order valence-electron chi connectivity index (χ0n) is 5.63. The maximum atomic E-state index is 8.11. The summed E-state index contributed by atoms with van der Waals surface area (Å²) in [6.07, 6.45) is -0.560. The Morgan fingerprint density at radius 2 is 1.78 bits per heavy atom. The van der Waals surface area contributed by atoms with Crippen LogP contribution >= 0.6 is 0 Å². The predicted octanol–water partition coefficient (Wildman–Crippen LogP) is -0.935. The fraction of sp³-hybridized carbons (Fsp3) is 0.800. The zero-order chi connectivity index (χ0) is 6.99. The maximum Gasteiger partial charge on any atom is 0.0742 e.